The average Bonchev–Trinajstić information content (AvgIpc) is 2.61. The topological polar surface area (TPSA) is 44.7 Å². The molecule has 0 aliphatic heterocycles. The molecule has 4 heteroatoms. The van der Waals surface area contributed by atoms with E-state index in [1.54, 1.807) is 19.2 Å². The highest BCUT2D eigenvalue weighted by atomic mass is 16.5. The molecule has 0 amide bonds. The Labute approximate surface area is 145 Å². The van der Waals surface area contributed by atoms with E-state index in [2.05, 4.69) is 36.2 Å². The van der Waals surface area contributed by atoms with Crippen molar-refractivity contribution in [2.24, 2.45) is 0 Å². The van der Waals surface area contributed by atoms with Crippen LogP contribution in [-0.4, -0.2) is 36.8 Å². The van der Waals surface area contributed by atoms with Gasteiger partial charge in [-0.05, 0) is 48.5 Å². The highest BCUT2D eigenvalue weighted by Crippen LogP contribution is 2.24. The number of nitrogens with zero attached hydrogens (tertiary/aromatic N) is 1. The van der Waals surface area contributed by atoms with Gasteiger partial charge in [0, 0.05) is 19.1 Å². The van der Waals surface area contributed by atoms with Crippen molar-refractivity contribution < 1.29 is 9.84 Å². The summed E-state index contributed by atoms with van der Waals surface area (Å²) in [5.74, 6) is 1.19. The van der Waals surface area contributed by atoms with Crippen LogP contribution in [0.3, 0.4) is 0 Å². The Morgan fingerprint density at radius 2 is 1.83 bits per heavy atom. The predicted molar refractivity (Wildman–Crippen MR) is 98.5 cm³/mol. The normalized spacial score (nSPS) is 12.3. The number of phenols is 1. The highest BCUT2D eigenvalue weighted by molar-refractivity contribution is 5.31. The first-order chi connectivity index (χ1) is 11.7. The first-order valence-corrected chi connectivity index (χ1v) is 8.54. The van der Waals surface area contributed by atoms with Gasteiger partial charge in [-0.3, -0.25) is 4.90 Å². The molecule has 0 radical (unpaired) electrons. The smallest absolute Gasteiger partial charge is 0.119 e. The van der Waals surface area contributed by atoms with Crippen molar-refractivity contribution in [3.05, 3.63) is 59.7 Å². The van der Waals surface area contributed by atoms with Crippen LogP contribution in [0.25, 0.3) is 0 Å². The van der Waals surface area contributed by atoms with Gasteiger partial charge in [0.25, 0.3) is 0 Å². The number of benzene rings is 2. The van der Waals surface area contributed by atoms with Gasteiger partial charge in [-0.25, -0.2) is 0 Å². The summed E-state index contributed by atoms with van der Waals surface area (Å²) in [6, 6.07) is 15.9. The predicted octanol–water partition coefficient (Wildman–Crippen LogP) is 3.57. The zero-order chi connectivity index (χ0) is 17.4. The van der Waals surface area contributed by atoms with Crippen LogP contribution in [0.4, 0.5) is 0 Å². The Morgan fingerprint density at radius 3 is 2.50 bits per heavy atom. The maximum atomic E-state index is 9.57. The van der Waals surface area contributed by atoms with E-state index in [-0.39, 0.29) is 6.04 Å². The third-order valence-electron chi connectivity index (χ3n) is 4.31. The molecule has 0 spiro atoms. The maximum Gasteiger partial charge on any atom is 0.119 e. The van der Waals surface area contributed by atoms with Gasteiger partial charge in [0.2, 0.25) is 0 Å². The minimum atomic E-state index is 0.285. The zero-order valence-corrected chi connectivity index (χ0v) is 14.8. The summed E-state index contributed by atoms with van der Waals surface area (Å²) < 4.78 is 5.37. The number of aromatic hydroxyl groups is 1. The molecule has 1 atom stereocenters. The van der Waals surface area contributed by atoms with Crippen LogP contribution in [0.2, 0.25) is 0 Å². The molecule has 0 saturated heterocycles. The van der Waals surface area contributed by atoms with Gasteiger partial charge in [-0.2, -0.15) is 0 Å². The van der Waals surface area contributed by atoms with Crippen molar-refractivity contribution in [3.63, 3.8) is 0 Å². The summed E-state index contributed by atoms with van der Waals surface area (Å²) in [4.78, 5) is 2.43. The number of hydrogen-bond donors (Lipinski definition) is 2. The van der Waals surface area contributed by atoms with Crippen LogP contribution in [-0.2, 0) is 6.54 Å². The van der Waals surface area contributed by atoms with E-state index in [1.165, 1.54) is 5.56 Å². The molecule has 130 valence electrons. The molecule has 2 aromatic rings. The van der Waals surface area contributed by atoms with Crippen LogP contribution < -0.4 is 10.1 Å². The lowest BCUT2D eigenvalue weighted by atomic mass is 10.0. The molecule has 0 aliphatic carbocycles. The number of phenolic OH excluding ortho intramolecular Hbond substituents is 1. The molecule has 0 aromatic heterocycles. The van der Waals surface area contributed by atoms with Crippen LogP contribution in [0.5, 0.6) is 11.5 Å². The summed E-state index contributed by atoms with van der Waals surface area (Å²) in [5.41, 5.74) is 2.33. The van der Waals surface area contributed by atoms with Crippen molar-refractivity contribution in [1.82, 2.24) is 10.2 Å². The molecule has 0 fully saturated rings. The molecule has 0 heterocycles. The Bertz CT molecular complexity index is 627. The van der Waals surface area contributed by atoms with Gasteiger partial charge in [-0.1, -0.05) is 38.1 Å². The molecule has 2 rings (SSSR count). The van der Waals surface area contributed by atoms with E-state index in [0.29, 0.717) is 5.75 Å². The van der Waals surface area contributed by atoms with E-state index >= 15 is 0 Å². The fourth-order valence-electron chi connectivity index (χ4n) is 2.99. The van der Waals surface area contributed by atoms with Gasteiger partial charge < -0.3 is 15.2 Å². The van der Waals surface area contributed by atoms with E-state index in [9.17, 15) is 5.11 Å². The second-order valence-electron chi connectivity index (χ2n) is 5.81. The van der Waals surface area contributed by atoms with Crippen LogP contribution in [0.15, 0.2) is 48.5 Å². The minimum absolute atomic E-state index is 0.285. The number of likely N-dealkylation sites (N-methyl/N-ethyl adjacent to an activating group) is 1. The fourth-order valence-corrected chi connectivity index (χ4v) is 2.99. The molecule has 4 nitrogen and oxygen atoms in total. The van der Waals surface area contributed by atoms with Crippen molar-refractivity contribution in [1.29, 1.82) is 0 Å². The lowest BCUT2D eigenvalue weighted by molar-refractivity contribution is 0.212. The molecule has 0 bridgehead atoms. The van der Waals surface area contributed by atoms with Crippen molar-refractivity contribution in [3.8, 4) is 11.5 Å². The summed E-state index contributed by atoms with van der Waals surface area (Å²) in [5, 5.41) is 13.1. The number of nitrogens with one attached hydrogen (secondary N) is 1. The molecule has 24 heavy (non-hydrogen) atoms. The monoisotopic (exact) mass is 328 g/mol. The summed E-state index contributed by atoms with van der Waals surface area (Å²) in [6.07, 6.45) is 0. The first-order valence-electron chi connectivity index (χ1n) is 8.54. The summed E-state index contributed by atoms with van der Waals surface area (Å²) in [6.45, 7) is 7.93. The zero-order valence-electron chi connectivity index (χ0n) is 14.8. The largest absolute Gasteiger partial charge is 0.508 e. The molecule has 2 N–H and O–H groups in total. The van der Waals surface area contributed by atoms with Gasteiger partial charge in [0.05, 0.1) is 7.11 Å². The molecular formula is C20H28N2O2. The van der Waals surface area contributed by atoms with Crippen LogP contribution in [0, 0.1) is 0 Å². The Hall–Kier alpha value is -2.04. The van der Waals surface area contributed by atoms with E-state index in [1.807, 2.05) is 24.3 Å². The number of methoxy groups -OCH3 is 1. The van der Waals surface area contributed by atoms with Crippen LogP contribution >= 0.6 is 0 Å². The lowest BCUT2D eigenvalue weighted by Gasteiger charge is -2.30. The Morgan fingerprint density at radius 1 is 1.08 bits per heavy atom. The summed E-state index contributed by atoms with van der Waals surface area (Å²) in [7, 11) is 1.70. The van der Waals surface area contributed by atoms with Crippen LogP contribution in [0.1, 0.15) is 31.0 Å². The minimum Gasteiger partial charge on any atom is -0.508 e. The standard InChI is InChI=1S/C20H28N2O2/c1-4-22(5-2)20(17-9-7-11-19(13-17)24-3)15-21-14-16-8-6-10-18(23)12-16/h6-13,20-21,23H,4-5,14-15H2,1-3H3. The summed E-state index contributed by atoms with van der Waals surface area (Å²) >= 11 is 0. The van der Waals surface area contributed by atoms with E-state index < -0.39 is 0 Å². The highest BCUT2D eigenvalue weighted by Gasteiger charge is 2.18. The van der Waals surface area contributed by atoms with E-state index in [4.69, 9.17) is 4.74 Å². The second-order valence-corrected chi connectivity index (χ2v) is 5.81. The third kappa shape index (κ3) is 4.98. The molecule has 0 saturated carbocycles. The number of ether oxygens (including phenoxy) is 1. The number of hydrogen-bond acceptors (Lipinski definition) is 4. The van der Waals surface area contributed by atoms with Crippen molar-refractivity contribution in [2.45, 2.75) is 26.4 Å². The van der Waals surface area contributed by atoms with Gasteiger partial charge in [0.15, 0.2) is 0 Å². The SMILES string of the molecule is CCN(CC)C(CNCc1cccc(O)c1)c1cccc(OC)c1. The van der Waals surface area contributed by atoms with Gasteiger partial charge in [0.1, 0.15) is 11.5 Å². The third-order valence-corrected chi connectivity index (χ3v) is 4.31. The van der Waals surface area contributed by atoms with Gasteiger partial charge in [-0.15, -0.1) is 0 Å². The average molecular weight is 328 g/mol. The Kier molecular flexibility index (Phi) is 7.09. The van der Waals surface area contributed by atoms with E-state index in [0.717, 1.165) is 37.5 Å². The van der Waals surface area contributed by atoms with Crippen molar-refractivity contribution in [2.75, 3.05) is 26.7 Å². The van der Waals surface area contributed by atoms with Gasteiger partial charge >= 0.3 is 0 Å². The second kappa shape index (κ2) is 9.30. The Balaban J connectivity index is 2.08. The first kappa shape index (κ1) is 18.3. The molecule has 0 aliphatic rings. The number of rotatable bonds is 9. The quantitative estimate of drug-likeness (QED) is 0.738. The van der Waals surface area contributed by atoms with Crippen molar-refractivity contribution >= 4 is 0 Å². The maximum absolute atomic E-state index is 9.57. The fraction of sp³-hybridized carbons (Fsp3) is 0.400. The molecule has 1 unspecified atom stereocenters. The molecule has 2 aromatic carbocycles. The molecular weight excluding hydrogens is 300 g/mol. The lowest BCUT2D eigenvalue weighted by Crippen LogP contribution is -2.35.